The Bertz CT molecular complexity index is 383. The maximum absolute atomic E-state index is 9.38. The molecule has 1 N–H and O–H groups in total. The van der Waals surface area contributed by atoms with Gasteiger partial charge in [0.2, 0.25) is 0 Å². The van der Waals surface area contributed by atoms with Gasteiger partial charge in [0.05, 0.1) is 18.3 Å². The molecule has 94 valence electrons. The van der Waals surface area contributed by atoms with Crippen LogP contribution in [0.1, 0.15) is 55.8 Å². The van der Waals surface area contributed by atoms with Crippen LogP contribution in [0.25, 0.3) is 0 Å². The van der Waals surface area contributed by atoms with Gasteiger partial charge >= 0.3 is 0 Å². The number of nitrogens with zero attached hydrogens (tertiary/aromatic N) is 2. The lowest BCUT2D eigenvalue weighted by Crippen LogP contribution is -2.20. The van der Waals surface area contributed by atoms with E-state index in [0.717, 1.165) is 43.8 Å². The summed E-state index contributed by atoms with van der Waals surface area (Å²) >= 11 is 0. The van der Waals surface area contributed by atoms with E-state index in [-0.39, 0.29) is 18.8 Å². The summed E-state index contributed by atoms with van der Waals surface area (Å²) in [5, 5.41) is 9.38. The number of hydrogen-bond donors (Lipinski definition) is 1. The summed E-state index contributed by atoms with van der Waals surface area (Å²) in [7, 11) is 0. The van der Waals surface area contributed by atoms with E-state index < -0.39 is 0 Å². The Labute approximate surface area is 102 Å². The Morgan fingerprint density at radius 3 is 3.06 bits per heavy atom. The van der Waals surface area contributed by atoms with E-state index in [1.807, 2.05) is 0 Å². The maximum atomic E-state index is 9.38. The first-order chi connectivity index (χ1) is 8.38. The Morgan fingerprint density at radius 1 is 1.35 bits per heavy atom. The highest BCUT2D eigenvalue weighted by molar-refractivity contribution is 5.11. The van der Waals surface area contributed by atoms with Crippen LogP contribution in [0.5, 0.6) is 0 Å². The highest BCUT2D eigenvalue weighted by Gasteiger charge is 2.25. The van der Waals surface area contributed by atoms with Gasteiger partial charge < -0.3 is 14.4 Å². The van der Waals surface area contributed by atoms with E-state index in [1.165, 1.54) is 12.8 Å². The fraction of sp³-hybridized carbons (Fsp3) is 0.769. The van der Waals surface area contributed by atoms with Crippen LogP contribution in [0, 0.1) is 0 Å². The molecular formula is C13H20N2O2. The van der Waals surface area contributed by atoms with Crippen molar-refractivity contribution < 1.29 is 9.84 Å². The van der Waals surface area contributed by atoms with E-state index in [1.54, 1.807) is 0 Å². The van der Waals surface area contributed by atoms with Crippen LogP contribution >= 0.6 is 0 Å². The molecule has 0 radical (unpaired) electrons. The molecule has 0 saturated carbocycles. The van der Waals surface area contributed by atoms with Gasteiger partial charge in [-0.25, -0.2) is 4.98 Å². The lowest BCUT2D eigenvalue weighted by atomic mass is 10.1. The van der Waals surface area contributed by atoms with Crippen molar-refractivity contribution in [1.29, 1.82) is 0 Å². The van der Waals surface area contributed by atoms with Gasteiger partial charge in [-0.3, -0.25) is 0 Å². The number of hydrogen-bond acceptors (Lipinski definition) is 3. The van der Waals surface area contributed by atoms with Crippen LogP contribution in [0.4, 0.5) is 0 Å². The number of aryl methyl sites for hydroxylation is 1. The molecule has 0 amide bonds. The predicted octanol–water partition coefficient (Wildman–Crippen LogP) is 1.99. The molecule has 4 nitrogen and oxygen atoms in total. The van der Waals surface area contributed by atoms with Crippen LogP contribution in [-0.2, 0) is 11.2 Å². The van der Waals surface area contributed by atoms with E-state index in [9.17, 15) is 5.11 Å². The first kappa shape index (κ1) is 11.2. The van der Waals surface area contributed by atoms with Crippen molar-refractivity contribution in [3.05, 3.63) is 17.7 Å². The van der Waals surface area contributed by atoms with Gasteiger partial charge in [-0.1, -0.05) is 0 Å². The van der Waals surface area contributed by atoms with Crippen molar-refractivity contribution >= 4 is 0 Å². The summed E-state index contributed by atoms with van der Waals surface area (Å²) in [4.78, 5) is 4.70. The molecule has 0 aliphatic carbocycles. The minimum Gasteiger partial charge on any atom is -0.394 e. The maximum Gasteiger partial charge on any atom is 0.109 e. The largest absolute Gasteiger partial charge is 0.394 e. The lowest BCUT2D eigenvalue weighted by Gasteiger charge is -2.23. The van der Waals surface area contributed by atoms with E-state index >= 15 is 0 Å². The molecule has 2 aliphatic rings. The second kappa shape index (κ2) is 4.78. The molecule has 1 aromatic heterocycles. The zero-order valence-electron chi connectivity index (χ0n) is 10.1. The highest BCUT2D eigenvalue weighted by atomic mass is 16.5. The summed E-state index contributed by atoms with van der Waals surface area (Å²) in [6, 6.07) is 0.226. The molecule has 17 heavy (non-hydrogen) atoms. The van der Waals surface area contributed by atoms with Crippen LogP contribution in [0.2, 0.25) is 0 Å². The van der Waals surface area contributed by atoms with Gasteiger partial charge in [-0.15, -0.1) is 0 Å². The van der Waals surface area contributed by atoms with E-state index in [0.29, 0.717) is 0 Å². The third-order valence-electron chi connectivity index (χ3n) is 3.88. The van der Waals surface area contributed by atoms with Gasteiger partial charge in [-0.2, -0.15) is 0 Å². The normalized spacial score (nSPS) is 29.0. The lowest BCUT2D eigenvalue weighted by molar-refractivity contribution is 0.0124. The molecule has 1 saturated heterocycles. The fourth-order valence-electron chi connectivity index (χ4n) is 2.90. The molecule has 4 heteroatoms. The average Bonchev–Trinajstić information content (AvgIpc) is 2.83. The molecule has 2 aliphatic heterocycles. The van der Waals surface area contributed by atoms with Gasteiger partial charge in [0.25, 0.3) is 0 Å². The smallest absolute Gasteiger partial charge is 0.109 e. The summed E-state index contributed by atoms with van der Waals surface area (Å²) in [5.41, 5.74) is 1.07. The average molecular weight is 236 g/mol. The van der Waals surface area contributed by atoms with Crippen LogP contribution in [-0.4, -0.2) is 27.9 Å². The highest BCUT2D eigenvalue weighted by Crippen LogP contribution is 2.31. The molecule has 2 atom stereocenters. The molecule has 1 aromatic rings. The molecule has 0 aromatic carbocycles. The predicted molar refractivity (Wildman–Crippen MR) is 63.8 cm³/mol. The van der Waals surface area contributed by atoms with Gasteiger partial charge in [0.15, 0.2) is 0 Å². The van der Waals surface area contributed by atoms with Crippen LogP contribution < -0.4 is 0 Å². The quantitative estimate of drug-likeness (QED) is 0.854. The number of ether oxygens (including phenoxy) is 1. The zero-order valence-corrected chi connectivity index (χ0v) is 10.1. The van der Waals surface area contributed by atoms with E-state index in [4.69, 9.17) is 9.72 Å². The van der Waals surface area contributed by atoms with E-state index in [2.05, 4.69) is 10.8 Å². The van der Waals surface area contributed by atoms with Crippen molar-refractivity contribution in [3.8, 4) is 0 Å². The molecule has 3 rings (SSSR count). The summed E-state index contributed by atoms with van der Waals surface area (Å²) in [6.07, 6.45) is 8.99. The van der Waals surface area contributed by atoms with Crippen molar-refractivity contribution in [2.24, 2.45) is 0 Å². The standard InChI is InChI=1S/C13H20N2O2/c16-9-10-4-3-6-13-14-11(8-15(10)13)12-5-1-2-7-17-12/h8,10,12,16H,1-7,9H2. The Morgan fingerprint density at radius 2 is 2.29 bits per heavy atom. The van der Waals surface area contributed by atoms with Crippen molar-refractivity contribution in [3.63, 3.8) is 0 Å². The Balaban J connectivity index is 1.84. The fourth-order valence-corrected chi connectivity index (χ4v) is 2.90. The third kappa shape index (κ3) is 2.11. The van der Waals surface area contributed by atoms with Crippen molar-refractivity contribution in [1.82, 2.24) is 9.55 Å². The monoisotopic (exact) mass is 236 g/mol. The minimum atomic E-state index is 0.182. The number of aliphatic hydroxyl groups excluding tert-OH is 1. The van der Waals surface area contributed by atoms with Crippen LogP contribution in [0.15, 0.2) is 6.20 Å². The summed E-state index contributed by atoms with van der Waals surface area (Å²) < 4.78 is 7.94. The van der Waals surface area contributed by atoms with Gasteiger partial charge in [0, 0.05) is 19.2 Å². The molecule has 1 fully saturated rings. The second-order valence-corrected chi connectivity index (χ2v) is 5.07. The van der Waals surface area contributed by atoms with Gasteiger partial charge in [0.1, 0.15) is 11.9 Å². The minimum absolute atomic E-state index is 0.182. The first-order valence-corrected chi connectivity index (χ1v) is 6.68. The van der Waals surface area contributed by atoms with Crippen LogP contribution in [0.3, 0.4) is 0 Å². The molecular weight excluding hydrogens is 216 g/mol. The molecule has 2 unspecified atom stereocenters. The number of rotatable bonds is 2. The number of aliphatic hydroxyl groups is 1. The SMILES string of the molecule is OCC1CCCc2nc(C3CCCCO3)cn21. The summed E-state index contributed by atoms with van der Waals surface area (Å²) in [6.45, 7) is 1.07. The third-order valence-corrected chi connectivity index (χ3v) is 3.88. The molecule has 0 bridgehead atoms. The number of imidazole rings is 1. The molecule has 3 heterocycles. The van der Waals surface area contributed by atoms with Crippen molar-refractivity contribution in [2.45, 2.75) is 50.7 Å². The first-order valence-electron chi connectivity index (χ1n) is 6.68. The topological polar surface area (TPSA) is 47.3 Å². The van der Waals surface area contributed by atoms with Crippen molar-refractivity contribution in [2.75, 3.05) is 13.2 Å². The van der Waals surface area contributed by atoms with Gasteiger partial charge in [-0.05, 0) is 32.1 Å². The Hall–Kier alpha value is -0.870. The zero-order chi connectivity index (χ0) is 11.7. The number of aromatic nitrogens is 2. The number of fused-ring (bicyclic) bond motifs is 1. The summed E-state index contributed by atoms with van der Waals surface area (Å²) in [5.74, 6) is 1.12. The Kier molecular flexibility index (Phi) is 3.16. The molecule has 0 spiro atoms. The second-order valence-electron chi connectivity index (χ2n) is 5.07.